The Balaban J connectivity index is 1.82. The first-order valence-electron chi connectivity index (χ1n) is 10.5. The molecule has 0 fully saturated rings. The summed E-state index contributed by atoms with van der Waals surface area (Å²) in [6.07, 6.45) is 0. The molecule has 0 aliphatic carbocycles. The first kappa shape index (κ1) is 21.4. The van der Waals surface area contributed by atoms with Crippen molar-refractivity contribution in [3.8, 4) is 5.75 Å². The van der Waals surface area contributed by atoms with Crippen LogP contribution in [-0.4, -0.2) is 30.9 Å². The number of likely N-dealkylation sites (N-methyl/N-ethyl adjacent to an activating group) is 1. The van der Waals surface area contributed by atoms with E-state index in [4.69, 9.17) is 4.74 Å². The average Bonchev–Trinajstić information content (AvgIpc) is 3.06. The second-order valence-electron chi connectivity index (χ2n) is 8.03. The summed E-state index contributed by atoms with van der Waals surface area (Å²) in [5.41, 5.74) is 5.02. The molecule has 0 unspecified atom stereocenters. The largest absolute Gasteiger partial charge is 0.497 e. The van der Waals surface area contributed by atoms with E-state index in [2.05, 4.69) is 0 Å². The average molecular weight is 427 g/mol. The van der Waals surface area contributed by atoms with Crippen LogP contribution in [0.3, 0.4) is 0 Å². The van der Waals surface area contributed by atoms with Gasteiger partial charge in [-0.25, -0.2) is 4.90 Å². The third-order valence-corrected chi connectivity index (χ3v) is 5.69. The van der Waals surface area contributed by atoms with Crippen LogP contribution in [0.5, 0.6) is 5.75 Å². The van der Waals surface area contributed by atoms with E-state index in [1.807, 2.05) is 86.5 Å². The van der Waals surface area contributed by atoms with Gasteiger partial charge in [-0.15, -0.1) is 0 Å². The Bertz CT molecular complexity index is 1200. The van der Waals surface area contributed by atoms with Crippen molar-refractivity contribution >= 4 is 23.1 Å². The molecule has 0 radical (unpaired) electrons. The molecule has 0 aromatic heterocycles. The molecular formula is C27H26N2O3. The molecule has 2 amide bonds. The van der Waals surface area contributed by atoms with Gasteiger partial charge in [0.25, 0.3) is 11.8 Å². The third-order valence-electron chi connectivity index (χ3n) is 5.69. The molecule has 4 rings (SSSR count). The van der Waals surface area contributed by atoms with Crippen LogP contribution in [0.2, 0.25) is 0 Å². The molecule has 5 heteroatoms. The minimum Gasteiger partial charge on any atom is -0.497 e. The van der Waals surface area contributed by atoms with Gasteiger partial charge >= 0.3 is 0 Å². The van der Waals surface area contributed by atoms with Gasteiger partial charge in [-0.3, -0.25) is 9.59 Å². The maximum absolute atomic E-state index is 13.7. The Labute approximate surface area is 188 Å². The van der Waals surface area contributed by atoms with Crippen molar-refractivity contribution in [1.82, 2.24) is 4.90 Å². The molecule has 1 aliphatic rings. The van der Waals surface area contributed by atoms with Gasteiger partial charge in [0.05, 0.1) is 18.4 Å². The first-order valence-corrected chi connectivity index (χ1v) is 10.5. The van der Waals surface area contributed by atoms with Gasteiger partial charge in [0.15, 0.2) is 0 Å². The van der Waals surface area contributed by atoms with Crippen molar-refractivity contribution in [2.75, 3.05) is 19.1 Å². The summed E-state index contributed by atoms with van der Waals surface area (Å²) in [5.74, 6) is 0.0634. The maximum Gasteiger partial charge on any atom is 0.282 e. The number of hydrogen-bond acceptors (Lipinski definition) is 4. The minimum absolute atomic E-state index is 0.312. The van der Waals surface area contributed by atoms with Gasteiger partial charge in [0.1, 0.15) is 11.4 Å². The highest BCUT2D eigenvalue weighted by Gasteiger charge is 2.42. The van der Waals surface area contributed by atoms with E-state index >= 15 is 0 Å². The number of nitrogens with zero attached hydrogens (tertiary/aromatic N) is 2. The van der Waals surface area contributed by atoms with E-state index in [0.717, 1.165) is 16.7 Å². The lowest BCUT2D eigenvalue weighted by atomic mass is 10.0. The van der Waals surface area contributed by atoms with E-state index in [1.165, 1.54) is 4.90 Å². The molecule has 32 heavy (non-hydrogen) atoms. The number of amides is 2. The first-order chi connectivity index (χ1) is 15.4. The van der Waals surface area contributed by atoms with Crippen LogP contribution in [0, 0.1) is 13.8 Å². The number of carbonyl (C=O) groups excluding carboxylic acids is 2. The predicted molar refractivity (Wildman–Crippen MR) is 126 cm³/mol. The molecule has 0 bridgehead atoms. The number of anilines is 1. The van der Waals surface area contributed by atoms with Gasteiger partial charge in [0, 0.05) is 13.6 Å². The summed E-state index contributed by atoms with van der Waals surface area (Å²) >= 11 is 0. The fourth-order valence-corrected chi connectivity index (χ4v) is 4.01. The summed E-state index contributed by atoms with van der Waals surface area (Å²) in [5, 5.41) is 0. The molecule has 3 aromatic carbocycles. The lowest BCUT2D eigenvalue weighted by Crippen LogP contribution is -2.34. The molecule has 0 saturated carbocycles. The summed E-state index contributed by atoms with van der Waals surface area (Å²) in [4.78, 5) is 30.6. The predicted octanol–water partition coefficient (Wildman–Crippen LogP) is 4.73. The second kappa shape index (κ2) is 8.71. The van der Waals surface area contributed by atoms with Crippen molar-refractivity contribution < 1.29 is 14.3 Å². The molecule has 0 N–H and O–H groups in total. The van der Waals surface area contributed by atoms with Crippen molar-refractivity contribution in [1.29, 1.82) is 0 Å². The SMILES string of the molecule is COc1ccc(C2=C(N(C)Cc3ccccc3)C(=O)N(c3cc(C)ccc3C)C2=O)cc1. The van der Waals surface area contributed by atoms with Crippen molar-refractivity contribution in [3.05, 3.63) is 101 Å². The quantitative estimate of drug-likeness (QED) is 0.535. The number of carbonyl (C=O) groups is 2. The van der Waals surface area contributed by atoms with Crippen molar-refractivity contribution in [3.63, 3.8) is 0 Å². The standard InChI is InChI=1S/C27H26N2O3/c1-18-10-11-19(2)23(16-18)29-26(30)24(21-12-14-22(32-4)15-13-21)25(27(29)31)28(3)17-20-8-6-5-7-9-20/h5-16H,17H2,1-4H3. The van der Waals surface area contributed by atoms with Gasteiger partial charge in [-0.05, 0) is 54.3 Å². The zero-order valence-corrected chi connectivity index (χ0v) is 18.8. The molecular weight excluding hydrogens is 400 g/mol. The van der Waals surface area contributed by atoms with Crippen LogP contribution in [0.4, 0.5) is 5.69 Å². The Hall–Kier alpha value is -3.86. The Morgan fingerprint density at radius 1 is 0.875 bits per heavy atom. The Kier molecular flexibility index (Phi) is 5.82. The number of ether oxygens (including phenoxy) is 1. The molecule has 1 heterocycles. The summed E-state index contributed by atoms with van der Waals surface area (Å²) < 4.78 is 5.26. The molecule has 0 spiro atoms. The number of rotatable bonds is 6. The molecule has 0 atom stereocenters. The number of imide groups is 1. The van der Waals surface area contributed by atoms with E-state index in [9.17, 15) is 9.59 Å². The molecule has 1 aliphatic heterocycles. The third kappa shape index (κ3) is 3.89. The van der Waals surface area contributed by atoms with Crippen LogP contribution in [0.25, 0.3) is 5.57 Å². The van der Waals surface area contributed by atoms with Gasteiger partial charge < -0.3 is 9.64 Å². The Morgan fingerprint density at radius 2 is 1.56 bits per heavy atom. The molecule has 0 saturated heterocycles. The minimum atomic E-state index is -0.316. The fourth-order valence-electron chi connectivity index (χ4n) is 4.01. The summed E-state index contributed by atoms with van der Waals surface area (Å²) in [6, 6.07) is 22.9. The summed E-state index contributed by atoms with van der Waals surface area (Å²) in [7, 11) is 3.45. The van der Waals surface area contributed by atoms with Gasteiger partial charge in [-0.1, -0.05) is 54.6 Å². The van der Waals surface area contributed by atoms with Crippen molar-refractivity contribution in [2.24, 2.45) is 0 Å². The van der Waals surface area contributed by atoms with Gasteiger partial charge in [-0.2, -0.15) is 0 Å². The van der Waals surface area contributed by atoms with E-state index < -0.39 is 0 Å². The smallest absolute Gasteiger partial charge is 0.282 e. The highest BCUT2D eigenvalue weighted by Crippen LogP contribution is 2.36. The van der Waals surface area contributed by atoms with Crippen LogP contribution in [0.15, 0.2) is 78.5 Å². The lowest BCUT2D eigenvalue weighted by Gasteiger charge is -2.22. The topological polar surface area (TPSA) is 49.9 Å². The zero-order valence-electron chi connectivity index (χ0n) is 18.8. The van der Waals surface area contributed by atoms with E-state index in [1.54, 1.807) is 19.2 Å². The zero-order chi connectivity index (χ0) is 22.8. The molecule has 162 valence electrons. The Morgan fingerprint density at radius 3 is 2.22 bits per heavy atom. The van der Waals surface area contributed by atoms with Crippen LogP contribution < -0.4 is 9.64 Å². The lowest BCUT2D eigenvalue weighted by molar-refractivity contribution is -0.120. The normalized spacial score (nSPS) is 13.7. The van der Waals surface area contributed by atoms with Crippen LogP contribution >= 0.6 is 0 Å². The number of benzene rings is 3. The molecule has 3 aromatic rings. The van der Waals surface area contributed by atoms with Crippen LogP contribution in [0.1, 0.15) is 22.3 Å². The number of hydrogen-bond donors (Lipinski definition) is 0. The monoisotopic (exact) mass is 426 g/mol. The fraction of sp³-hybridized carbons (Fsp3) is 0.185. The molecule has 5 nitrogen and oxygen atoms in total. The van der Waals surface area contributed by atoms with Gasteiger partial charge in [0.2, 0.25) is 0 Å². The second-order valence-corrected chi connectivity index (χ2v) is 8.03. The highest BCUT2D eigenvalue weighted by molar-refractivity contribution is 6.45. The summed E-state index contributed by atoms with van der Waals surface area (Å²) in [6.45, 7) is 4.37. The number of aryl methyl sites for hydroxylation is 2. The number of methoxy groups -OCH3 is 1. The highest BCUT2D eigenvalue weighted by atomic mass is 16.5. The van der Waals surface area contributed by atoms with E-state index in [-0.39, 0.29) is 11.8 Å². The van der Waals surface area contributed by atoms with Crippen LogP contribution in [-0.2, 0) is 16.1 Å². The maximum atomic E-state index is 13.7. The van der Waals surface area contributed by atoms with E-state index in [0.29, 0.717) is 34.8 Å². The van der Waals surface area contributed by atoms with Crippen molar-refractivity contribution in [2.45, 2.75) is 20.4 Å².